The number of piperidine rings is 1. The Morgan fingerprint density at radius 2 is 1.77 bits per heavy atom. The van der Waals surface area contributed by atoms with Gasteiger partial charge in [-0.05, 0) is 141 Å². The van der Waals surface area contributed by atoms with E-state index in [0.29, 0.717) is 55.3 Å². The highest BCUT2D eigenvalue weighted by atomic mass is 16.5. The number of aliphatic carboxylic acids is 1. The fourth-order valence-electron chi connectivity index (χ4n) is 13.9. The van der Waals surface area contributed by atoms with Crippen LogP contribution in [0.3, 0.4) is 0 Å². The quantitative estimate of drug-likeness (QED) is 0.106. The van der Waals surface area contributed by atoms with Crippen molar-refractivity contribution in [2.75, 3.05) is 34.0 Å². The second-order valence-corrected chi connectivity index (χ2v) is 19.1. The molecule has 0 amide bonds. The van der Waals surface area contributed by atoms with Gasteiger partial charge in [0, 0.05) is 36.6 Å². The summed E-state index contributed by atoms with van der Waals surface area (Å²) in [7, 11) is 2.99. The third kappa shape index (κ3) is 7.82. The first-order chi connectivity index (χ1) is 29.4. The van der Waals surface area contributed by atoms with Crippen molar-refractivity contribution in [1.29, 1.82) is 0 Å². The number of nitrogens with two attached hydrogens (primary N) is 1. The molecule has 334 valence electrons. The van der Waals surface area contributed by atoms with Gasteiger partial charge in [0.2, 0.25) is 5.75 Å². The molecule has 0 radical (unpaired) electrons. The summed E-state index contributed by atoms with van der Waals surface area (Å²) >= 11 is 0. The molecule has 0 bridgehead atoms. The van der Waals surface area contributed by atoms with E-state index in [2.05, 4.69) is 23.6 Å². The number of allylic oxidation sites excluding steroid dienone is 2. The molecule has 3 aliphatic carbocycles. The number of aryl methyl sites for hydroxylation is 1. The Labute approximate surface area is 359 Å². The Morgan fingerprint density at radius 1 is 1.00 bits per heavy atom. The molecule has 0 unspecified atom stereocenters. The molecule has 3 saturated carbocycles. The van der Waals surface area contributed by atoms with Crippen molar-refractivity contribution in [3.63, 3.8) is 0 Å². The highest BCUT2D eigenvalue weighted by Gasteiger charge is 2.73. The molecule has 3 aliphatic heterocycles. The van der Waals surface area contributed by atoms with E-state index in [0.717, 1.165) is 43.2 Å². The van der Waals surface area contributed by atoms with Gasteiger partial charge in [-0.2, -0.15) is 0 Å². The third-order valence-electron chi connectivity index (χ3n) is 16.1. The molecule has 2 spiro atoms. The molecule has 9 N–H and O–H groups in total. The molecule has 13 nitrogen and oxygen atoms in total. The number of fused-ring (bicyclic) bond motifs is 1. The van der Waals surface area contributed by atoms with Crippen LogP contribution in [0.5, 0.6) is 28.7 Å². The predicted octanol–water partition coefficient (Wildman–Crippen LogP) is 6.22. The molecule has 13 heteroatoms. The molecule has 2 aromatic carbocycles. The van der Waals surface area contributed by atoms with Crippen molar-refractivity contribution >= 4 is 5.97 Å². The zero-order valence-electron chi connectivity index (χ0n) is 36.0. The highest BCUT2D eigenvalue weighted by molar-refractivity contribution is 5.69. The van der Waals surface area contributed by atoms with Crippen LogP contribution >= 0.6 is 0 Å². The number of ether oxygens (including phenoxy) is 4. The Balaban J connectivity index is 1.14. The van der Waals surface area contributed by atoms with Crippen LogP contribution in [0.4, 0.5) is 0 Å². The van der Waals surface area contributed by atoms with E-state index in [-0.39, 0.29) is 77.6 Å². The number of aliphatic hydroxyl groups excluding tert-OH is 2. The summed E-state index contributed by atoms with van der Waals surface area (Å²) in [5, 5.41) is 61.6. The van der Waals surface area contributed by atoms with Crippen molar-refractivity contribution < 1.29 is 49.3 Å². The van der Waals surface area contributed by atoms with Crippen molar-refractivity contribution in [1.82, 2.24) is 10.6 Å². The number of rotatable bonds is 14. The number of carboxylic acids is 1. The van der Waals surface area contributed by atoms with Crippen molar-refractivity contribution in [2.45, 2.75) is 127 Å². The summed E-state index contributed by atoms with van der Waals surface area (Å²) in [6.07, 6.45) is 14.1. The molecule has 0 aromatic heterocycles. The van der Waals surface area contributed by atoms with E-state index in [4.69, 9.17) is 24.7 Å². The maximum atomic E-state index is 13.4. The normalized spacial score (nSPS) is 34.1. The molecule has 2 aromatic rings. The van der Waals surface area contributed by atoms with Crippen LogP contribution in [-0.2, 0) is 16.0 Å². The number of nitrogens with one attached hydrogen (secondary N) is 2. The lowest BCUT2D eigenvalue weighted by molar-refractivity contribution is -0.203. The van der Waals surface area contributed by atoms with Crippen LogP contribution in [0.2, 0.25) is 0 Å². The molecular formula is C48H67N3O10. The number of phenols is 2. The number of phenolic OH excluding ortho intramolecular Hbond substituents is 2. The maximum absolute atomic E-state index is 13.4. The van der Waals surface area contributed by atoms with Gasteiger partial charge in [-0.25, -0.2) is 0 Å². The number of hydrogen-bond donors (Lipinski definition) is 8. The zero-order valence-corrected chi connectivity index (χ0v) is 36.0. The molecule has 3 heterocycles. The van der Waals surface area contributed by atoms with Crippen molar-refractivity contribution in [3.05, 3.63) is 65.0 Å². The van der Waals surface area contributed by atoms with E-state index in [1.807, 2.05) is 12.1 Å². The molecular weight excluding hydrogens is 779 g/mol. The number of methoxy groups -OCH3 is 2. The smallest absolute Gasteiger partial charge is 0.304 e. The van der Waals surface area contributed by atoms with Gasteiger partial charge in [0.15, 0.2) is 23.0 Å². The standard InChI is InChI=1S/C48H67N3O10/c1-28-24-47-16-6-7-40(47)46(14-4-5-15-46)25-34(30-12-17-50-42(49)22-30)48(47,26-43(55)56)41(51-28)27-60-39-21-31(20-38(59-3)44(39)57)45-33(13-18-52)36(54)23-32(61-45)10-8-29-9-11-35(53)37(19-29)58-2/h9,11-12,19-22,28,32-34,36,40-41,45,50-54,57H,4-8,10,13-18,23-27,49H2,1-3H3,(H,55,56)/t28-,32+,33-,34-,36+,40-,41-,45-,47+,48+/m1/s1. The number of carboxylic acid groups (broad SMARTS) is 1. The van der Waals surface area contributed by atoms with E-state index >= 15 is 0 Å². The van der Waals surface area contributed by atoms with E-state index in [1.54, 1.807) is 24.3 Å². The molecule has 8 rings (SSSR count). The van der Waals surface area contributed by atoms with Gasteiger partial charge >= 0.3 is 5.97 Å². The summed E-state index contributed by atoms with van der Waals surface area (Å²) < 4.78 is 24.6. The van der Waals surface area contributed by atoms with Crippen LogP contribution in [0, 0.1) is 34.0 Å². The van der Waals surface area contributed by atoms with Crippen molar-refractivity contribution in [3.8, 4) is 28.7 Å². The first-order valence-electron chi connectivity index (χ1n) is 22.6. The lowest BCUT2D eigenvalue weighted by Gasteiger charge is -2.70. The minimum Gasteiger partial charge on any atom is -0.504 e. The van der Waals surface area contributed by atoms with Crippen LogP contribution in [0.1, 0.15) is 108 Å². The van der Waals surface area contributed by atoms with Crippen molar-refractivity contribution in [2.24, 2.45) is 39.7 Å². The van der Waals surface area contributed by atoms with Gasteiger partial charge < -0.3 is 60.8 Å². The molecule has 61 heavy (non-hydrogen) atoms. The van der Waals surface area contributed by atoms with E-state index < -0.39 is 29.5 Å². The largest absolute Gasteiger partial charge is 0.504 e. The fourth-order valence-corrected chi connectivity index (χ4v) is 13.9. The molecule has 10 atom stereocenters. The second kappa shape index (κ2) is 17.5. The molecule has 6 aliphatic rings. The lowest BCUT2D eigenvalue weighted by atomic mass is 9.36. The summed E-state index contributed by atoms with van der Waals surface area (Å²) in [5.41, 5.74) is 8.38. The van der Waals surface area contributed by atoms with Gasteiger partial charge in [0.25, 0.3) is 0 Å². The zero-order chi connectivity index (χ0) is 43.1. The first-order valence-corrected chi connectivity index (χ1v) is 22.6. The summed E-state index contributed by atoms with van der Waals surface area (Å²) in [5.74, 6) is 0.311. The number of aromatic hydroxyl groups is 2. The number of hydrogen-bond acceptors (Lipinski definition) is 12. The number of benzene rings is 2. The Morgan fingerprint density at radius 3 is 2.49 bits per heavy atom. The van der Waals surface area contributed by atoms with Gasteiger partial charge in [0.05, 0.1) is 44.8 Å². The average Bonchev–Trinajstić information content (AvgIpc) is 3.90. The van der Waals surface area contributed by atoms with E-state index in [9.17, 15) is 30.3 Å². The third-order valence-corrected chi connectivity index (χ3v) is 16.1. The van der Waals surface area contributed by atoms with E-state index in [1.165, 1.54) is 39.9 Å². The Kier molecular flexibility index (Phi) is 12.5. The van der Waals surface area contributed by atoms with Crippen LogP contribution in [0.15, 0.2) is 53.9 Å². The number of carbonyl (C=O) groups is 1. The summed E-state index contributed by atoms with van der Waals surface area (Å²) in [4.78, 5) is 13.4. The summed E-state index contributed by atoms with van der Waals surface area (Å²) in [6.45, 7) is 2.77. The van der Waals surface area contributed by atoms with Crippen LogP contribution in [0.25, 0.3) is 0 Å². The topological polar surface area (TPSA) is 205 Å². The molecule has 2 saturated heterocycles. The van der Waals surface area contributed by atoms with Gasteiger partial charge in [0.1, 0.15) is 6.61 Å². The van der Waals surface area contributed by atoms with Crippen LogP contribution < -0.4 is 30.6 Å². The predicted molar refractivity (Wildman–Crippen MR) is 229 cm³/mol. The Hall–Kier alpha value is -4.17. The highest BCUT2D eigenvalue weighted by Crippen LogP contribution is 2.77. The molecule has 5 fully saturated rings. The van der Waals surface area contributed by atoms with Crippen LogP contribution in [-0.4, -0.2) is 89.8 Å². The van der Waals surface area contributed by atoms with Gasteiger partial charge in [-0.3, -0.25) is 4.79 Å². The number of aliphatic hydroxyl groups is 2. The SMILES string of the molecule is COc1cc(CC[C@H]2C[C@H](O)[C@@H](CCO)[C@@H](c3cc(OC)c(O)c(OC[C@H]4N[C@H](C)C[C@@]56CCC[C@@H]5C5(CCCC5)C[C@H](C5=CCNC(N)=C5)[C@@]46CC(=O)O)c3)O2)ccc1O. The summed E-state index contributed by atoms with van der Waals surface area (Å²) in [6, 6.07) is 8.43. The Bertz CT molecular complexity index is 1980. The minimum absolute atomic E-state index is 0.0131. The average molecular weight is 846 g/mol. The maximum Gasteiger partial charge on any atom is 0.304 e. The number of dihydropyridines is 1. The fraction of sp³-hybridized carbons (Fsp3) is 0.646. The lowest BCUT2D eigenvalue weighted by Crippen LogP contribution is -2.73. The van der Waals surface area contributed by atoms with Gasteiger partial charge in [-0.1, -0.05) is 31.4 Å². The monoisotopic (exact) mass is 845 g/mol. The van der Waals surface area contributed by atoms with Gasteiger partial charge in [-0.15, -0.1) is 0 Å². The second-order valence-electron chi connectivity index (χ2n) is 19.1. The minimum atomic E-state index is -0.821. The first kappa shape index (κ1) is 43.5.